The molecule has 1 unspecified atom stereocenters. The predicted octanol–water partition coefficient (Wildman–Crippen LogP) is 3.43. The molecule has 0 saturated heterocycles. The third-order valence-electron chi connectivity index (χ3n) is 3.41. The first-order chi connectivity index (χ1) is 10.5. The van der Waals surface area contributed by atoms with E-state index in [-0.39, 0.29) is 17.6 Å². The number of aromatic nitrogens is 2. The Hall–Kier alpha value is -2.21. The Kier molecular flexibility index (Phi) is 3.94. The van der Waals surface area contributed by atoms with Crippen LogP contribution >= 0.6 is 11.3 Å². The number of rotatable bonds is 4. The van der Waals surface area contributed by atoms with Crippen molar-refractivity contribution in [1.29, 1.82) is 0 Å². The molecule has 3 rings (SSSR count). The number of hydrogen-bond donors (Lipinski definition) is 1. The third kappa shape index (κ3) is 2.87. The topological polar surface area (TPSA) is 68.0 Å². The van der Waals surface area contributed by atoms with E-state index < -0.39 is 0 Å². The van der Waals surface area contributed by atoms with Crippen molar-refractivity contribution in [2.75, 3.05) is 6.54 Å². The number of fused-ring (bicyclic) bond motifs is 1. The van der Waals surface area contributed by atoms with Gasteiger partial charge < -0.3 is 9.73 Å². The van der Waals surface area contributed by atoms with Crippen LogP contribution in [0.3, 0.4) is 0 Å². The number of carbonyl (C=O) groups is 1. The number of nitrogens with one attached hydrogen (secondary N) is 1. The molecule has 0 saturated carbocycles. The smallest absolute Gasteiger partial charge is 0.289 e. The van der Waals surface area contributed by atoms with Crippen LogP contribution in [0.5, 0.6) is 0 Å². The summed E-state index contributed by atoms with van der Waals surface area (Å²) in [6, 6.07) is 8.04. The minimum absolute atomic E-state index is 0.144. The maximum Gasteiger partial charge on any atom is 0.289 e. The van der Waals surface area contributed by atoms with Crippen LogP contribution in [0.2, 0.25) is 0 Å². The average Bonchev–Trinajstić information content (AvgIpc) is 3.07. The summed E-state index contributed by atoms with van der Waals surface area (Å²) in [5.41, 5.74) is 1.62. The molecular formula is C16H17N3O2S. The van der Waals surface area contributed by atoms with Crippen molar-refractivity contribution >= 4 is 27.5 Å². The third-order valence-corrected chi connectivity index (χ3v) is 4.68. The monoisotopic (exact) mass is 315 g/mol. The van der Waals surface area contributed by atoms with Crippen LogP contribution in [0, 0.1) is 13.8 Å². The molecule has 1 aromatic carbocycles. The molecule has 3 aromatic rings. The largest absolute Gasteiger partial charge is 0.436 e. The molecule has 22 heavy (non-hydrogen) atoms. The van der Waals surface area contributed by atoms with Crippen molar-refractivity contribution in [3.63, 3.8) is 0 Å². The Morgan fingerprint density at radius 2 is 2.09 bits per heavy atom. The van der Waals surface area contributed by atoms with Crippen molar-refractivity contribution in [1.82, 2.24) is 15.3 Å². The van der Waals surface area contributed by atoms with Gasteiger partial charge in [-0.2, -0.15) is 0 Å². The number of carbonyl (C=O) groups excluding carboxylic acids is 1. The summed E-state index contributed by atoms with van der Waals surface area (Å²) in [6.45, 7) is 6.06. The Bertz CT molecular complexity index is 789. The van der Waals surface area contributed by atoms with Gasteiger partial charge in [-0.05, 0) is 19.1 Å². The van der Waals surface area contributed by atoms with Gasteiger partial charge in [0, 0.05) is 19.4 Å². The highest BCUT2D eigenvalue weighted by molar-refractivity contribution is 7.18. The van der Waals surface area contributed by atoms with Crippen molar-refractivity contribution in [2.45, 2.75) is 26.7 Å². The number of nitrogens with zero attached hydrogens (tertiary/aromatic N) is 2. The number of aryl methyl sites for hydroxylation is 2. The SMILES string of the molecule is Cc1nc(C)c(C(=O)NCC(C)c2nc3ccccc3s2)o1. The molecule has 1 amide bonds. The minimum Gasteiger partial charge on any atom is -0.436 e. The predicted molar refractivity (Wildman–Crippen MR) is 86.3 cm³/mol. The molecule has 0 fully saturated rings. The van der Waals surface area contributed by atoms with Crippen LogP contribution in [0.1, 0.15) is 40.0 Å². The number of para-hydroxylation sites is 1. The summed E-state index contributed by atoms with van der Waals surface area (Å²) >= 11 is 1.66. The quantitative estimate of drug-likeness (QED) is 0.801. The molecule has 2 heterocycles. The minimum atomic E-state index is -0.230. The normalized spacial score (nSPS) is 12.5. The highest BCUT2D eigenvalue weighted by Gasteiger charge is 2.18. The highest BCUT2D eigenvalue weighted by atomic mass is 32.1. The molecule has 5 nitrogen and oxygen atoms in total. The summed E-state index contributed by atoms with van der Waals surface area (Å²) in [5.74, 6) is 0.701. The molecule has 0 aliphatic heterocycles. The van der Waals surface area contributed by atoms with Crippen LogP contribution < -0.4 is 5.32 Å². The molecule has 1 N–H and O–H groups in total. The lowest BCUT2D eigenvalue weighted by molar-refractivity contribution is 0.0922. The fraction of sp³-hybridized carbons (Fsp3) is 0.312. The van der Waals surface area contributed by atoms with Gasteiger partial charge in [-0.1, -0.05) is 19.1 Å². The van der Waals surface area contributed by atoms with Gasteiger partial charge in [0.25, 0.3) is 5.91 Å². The highest BCUT2D eigenvalue weighted by Crippen LogP contribution is 2.26. The summed E-state index contributed by atoms with van der Waals surface area (Å²) in [4.78, 5) is 20.8. The zero-order valence-corrected chi connectivity index (χ0v) is 13.5. The molecule has 6 heteroatoms. The van der Waals surface area contributed by atoms with Gasteiger partial charge in [-0.3, -0.25) is 4.79 Å². The Morgan fingerprint density at radius 3 is 2.77 bits per heavy atom. The van der Waals surface area contributed by atoms with Crippen LogP contribution in [-0.4, -0.2) is 22.4 Å². The Labute approximate surface area is 132 Å². The Morgan fingerprint density at radius 1 is 1.32 bits per heavy atom. The van der Waals surface area contributed by atoms with Gasteiger partial charge >= 0.3 is 0 Å². The fourth-order valence-corrected chi connectivity index (χ4v) is 3.27. The standard InChI is InChI=1S/C16H17N3O2S/c1-9(16-19-12-6-4-5-7-13(12)22-16)8-17-15(20)14-10(2)18-11(3)21-14/h4-7,9H,8H2,1-3H3,(H,17,20). The Balaban J connectivity index is 1.68. The van der Waals surface area contributed by atoms with E-state index in [1.54, 1.807) is 25.2 Å². The van der Waals surface area contributed by atoms with Crippen LogP contribution in [-0.2, 0) is 0 Å². The fourth-order valence-electron chi connectivity index (χ4n) is 2.26. The van der Waals surface area contributed by atoms with Gasteiger partial charge in [-0.15, -0.1) is 11.3 Å². The van der Waals surface area contributed by atoms with E-state index >= 15 is 0 Å². The summed E-state index contributed by atoms with van der Waals surface area (Å²) in [6.07, 6.45) is 0. The molecule has 0 aliphatic carbocycles. The first-order valence-electron chi connectivity index (χ1n) is 7.12. The maximum absolute atomic E-state index is 12.1. The summed E-state index contributed by atoms with van der Waals surface area (Å²) in [7, 11) is 0. The van der Waals surface area contributed by atoms with Crippen molar-refractivity contribution in [3.05, 3.63) is 46.6 Å². The van der Waals surface area contributed by atoms with E-state index in [0.717, 1.165) is 15.2 Å². The second-order valence-electron chi connectivity index (χ2n) is 5.28. The lowest BCUT2D eigenvalue weighted by atomic mass is 10.2. The molecule has 0 spiro atoms. The first kappa shape index (κ1) is 14.7. The van der Waals surface area contributed by atoms with Crippen molar-refractivity contribution in [3.8, 4) is 0 Å². The first-order valence-corrected chi connectivity index (χ1v) is 7.94. The molecule has 0 radical (unpaired) electrons. The van der Waals surface area contributed by atoms with E-state index in [0.29, 0.717) is 18.1 Å². The molecule has 114 valence electrons. The zero-order chi connectivity index (χ0) is 15.7. The van der Waals surface area contributed by atoms with Gasteiger partial charge in [0.1, 0.15) is 0 Å². The van der Waals surface area contributed by atoms with E-state index in [2.05, 4.69) is 28.3 Å². The average molecular weight is 315 g/mol. The number of hydrogen-bond acceptors (Lipinski definition) is 5. The zero-order valence-electron chi connectivity index (χ0n) is 12.7. The number of thiazole rings is 1. The van der Waals surface area contributed by atoms with Gasteiger partial charge in [0.15, 0.2) is 5.89 Å². The van der Waals surface area contributed by atoms with E-state index in [9.17, 15) is 4.79 Å². The van der Waals surface area contributed by atoms with Gasteiger partial charge in [0.2, 0.25) is 5.76 Å². The van der Waals surface area contributed by atoms with Gasteiger partial charge in [-0.25, -0.2) is 9.97 Å². The van der Waals surface area contributed by atoms with E-state index in [4.69, 9.17) is 4.42 Å². The second kappa shape index (κ2) is 5.88. The molecule has 0 aliphatic rings. The molecular weight excluding hydrogens is 298 g/mol. The molecule has 2 aromatic heterocycles. The molecule has 0 bridgehead atoms. The molecule has 1 atom stereocenters. The van der Waals surface area contributed by atoms with Crippen molar-refractivity contribution < 1.29 is 9.21 Å². The number of amides is 1. The summed E-state index contributed by atoms with van der Waals surface area (Å²) in [5, 5.41) is 3.91. The number of benzene rings is 1. The van der Waals surface area contributed by atoms with Crippen LogP contribution in [0.15, 0.2) is 28.7 Å². The lowest BCUT2D eigenvalue weighted by Crippen LogP contribution is -2.27. The van der Waals surface area contributed by atoms with Crippen molar-refractivity contribution in [2.24, 2.45) is 0 Å². The summed E-state index contributed by atoms with van der Waals surface area (Å²) < 4.78 is 6.49. The van der Waals surface area contributed by atoms with E-state index in [1.807, 2.05) is 18.2 Å². The second-order valence-corrected chi connectivity index (χ2v) is 6.34. The number of oxazole rings is 1. The van der Waals surface area contributed by atoms with Crippen LogP contribution in [0.4, 0.5) is 0 Å². The maximum atomic E-state index is 12.1. The van der Waals surface area contributed by atoms with E-state index in [1.165, 1.54) is 0 Å². The lowest BCUT2D eigenvalue weighted by Gasteiger charge is -2.09. The van der Waals surface area contributed by atoms with Gasteiger partial charge in [0.05, 0.1) is 20.9 Å². The van der Waals surface area contributed by atoms with Crippen LogP contribution in [0.25, 0.3) is 10.2 Å².